The van der Waals surface area contributed by atoms with E-state index in [1.54, 1.807) is 0 Å². The van der Waals surface area contributed by atoms with Crippen LogP contribution in [-0.2, 0) is 11.2 Å². The van der Waals surface area contributed by atoms with Crippen molar-refractivity contribution in [2.24, 2.45) is 11.3 Å². The van der Waals surface area contributed by atoms with Crippen LogP contribution in [0.1, 0.15) is 56.7 Å². The number of carboxylic acid groups (broad SMARTS) is 1. The van der Waals surface area contributed by atoms with Crippen LogP contribution >= 0.6 is 22.9 Å². The summed E-state index contributed by atoms with van der Waals surface area (Å²) in [5.74, 6) is 0.102. The van der Waals surface area contributed by atoms with Crippen molar-refractivity contribution in [3.05, 3.63) is 21.3 Å². The molecule has 1 fully saturated rings. The summed E-state index contributed by atoms with van der Waals surface area (Å²) in [5, 5.41) is 9.69. The SMILES string of the molecule is CCCCC1CCC(Cc2ccc(Cl)s2)(C(=O)O)CC1. The Morgan fingerprint density at radius 2 is 2.15 bits per heavy atom. The molecule has 0 unspecified atom stereocenters. The Morgan fingerprint density at radius 3 is 2.65 bits per heavy atom. The van der Waals surface area contributed by atoms with Gasteiger partial charge in [-0.05, 0) is 50.2 Å². The number of hydrogen-bond donors (Lipinski definition) is 1. The van der Waals surface area contributed by atoms with E-state index in [9.17, 15) is 9.90 Å². The molecule has 20 heavy (non-hydrogen) atoms. The van der Waals surface area contributed by atoms with Crippen LogP contribution in [0, 0.1) is 11.3 Å². The summed E-state index contributed by atoms with van der Waals surface area (Å²) in [5.41, 5.74) is -0.559. The predicted molar refractivity (Wildman–Crippen MR) is 84.6 cm³/mol. The molecule has 0 aromatic carbocycles. The van der Waals surface area contributed by atoms with Gasteiger partial charge in [0.1, 0.15) is 0 Å². The fourth-order valence-electron chi connectivity index (χ4n) is 3.26. The Balaban J connectivity index is 2.00. The zero-order valence-electron chi connectivity index (χ0n) is 12.0. The Hall–Kier alpha value is -0.540. The molecule has 2 nitrogen and oxygen atoms in total. The summed E-state index contributed by atoms with van der Waals surface area (Å²) < 4.78 is 0.747. The maximum absolute atomic E-state index is 11.8. The Kier molecular flexibility index (Phi) is 5.50. The molecule has 0 saturated heterocycles. The molecule has 1 aromatic heterocycles. The van der Waals surface area contributed by atoms with Crippen LogP contribution in [0.2, 0.25) is 4.34 Å². The van der Waals surface area contributed by atoms with Gasteiger partial charge in [0.2, 0.25) is 0 Å². The van der Waals surface area contributed by atoms with Crippen LogP contribution in [0.15, 0.2) is 12.1 Å². The highest BCUT2D eigenvalue weighted by Gasteiger charge is 2.42. The third-order valence-electron chi connectivity index (χ3n) is 4.62. The predicted octanol–water partition coefficient (Wildman–Crippen LogP) is 5.40. The van der Waals surface area contributed by atoms with Crippen molar-refractivity contribution >= 4 is 28.9 Å². The lowest BCUT2D eigenvalue weighted by atomic mass is 9.67. The van der Waals surface area contributed by atoms with Crippen LogP contribution in [-0.4, -0.2) is 11.1 Å². The van der Waals surface area contributed by atoms with Crippen molar-refractivity contribution < 1.29 is 9.90 Å². The third-order valence-corrected chi connectivity index (χ3v) is 5.85. The van der Waals surface area contributed by atoms with Crippen molar-refractivity contribution in [1.29, 1.82) is 0 Å². The topological polar surface area (TPSA) is 37.3 Å². The second-order valence-electron chi connectivity index (χ2n) is 6.05. The zero-order chi connectivity index (χ0) is 14.6. The molecule has 0 bridgehead atoms. The quantitative estimate of drug-likeness (QED) is 0.763. The molecular weight excluding hydrogens is 292 g/mol. The van der Waals surface area contributed by atoms with Gasteiger partial charge in [-0.2, -0.15) is 0 Å². The molecule has 1 N–H and O–H groups in total. The molecule has 1 heterocycles. The van der Waals surface area contributed by atoms with Gasteiger partial charge in [-0.3, -0.25) is 4.79 Å². The standard InChI is InChI=1S/C16H23ClO2S/c1-2-3-4-12-7-9-16(10-8-12,15(18)19)11-13-5-6-14(17)20-13/h5-6,12H,2-4,7-11H2,1H3,(H,18,19). The Labute approximate surface area is 130 Å². The van der Waals surface area contributed by atoms with Crippen LogP contribution in [0.5, 0.6) is 0 Å². The number of rotatable bonds is 6. The summed E-state index contributed by atoms with van der Waals surface area (Å²) in [6.07, 6.45) is 8.14. The normalized spacial score (nSPS) is 26.6. The monoisotopic (exact) mass is 314 g/mol. The van der Waals surface area contributed by atoms with Crippen molar-refractivity contribution in [3.8, 4) is 0 Å². The fourth-order valence-corrected chi connectivity index (χ4v) is 4.49. The minimum Gasteiger partial charge on any atom is -0.481 e. The van der Waals surface area contributed by atoms with Gasteiger partial charge >= 0.3 is 5.97 Å². The van der Waals surface area contributed by atoms with E-state index in [0.29, 0.717) is 6.42 Å². The first kappa shape index (κ1) is 15.8. The molecular formula is C16H23ClO2S. The molecule has 1 saturated carbocycles. The summed E-state index contributed by atoms with van der Waals surface area (Å²) in [7, 11) is 0. The van der Waals surface area contributed by atoms with Crippen LogP contribution < -0.4 is 0 Å². The molecule has 1 aliphatic carbocycles. The van der Waals surface area contributed by atoms with Crippen LogP contribution in [0.3, 0.4) is 0 Å². The van der Waals surface area contributed by atoms with E-state index in [1.165, 1.54) is 30.6 Å². The van der Waals surface area contributed by atoms with E-state index in [0.717, 1.165) is 40.8 Å². The minimum absolute atomic E-state index is 0.559. The first-order valence-corrected chi connectivity index (χ1v) is 8.73. The van der Waals surface area contributed by atoms with Gasteiger partial charge in [0.15, 0.2) is 0 Å². The fraction of sp³-hybridized carbons (Fsp3) is 0.688. The molecule has 4 heteroatoms. The van der Waals surface area contributed by atoms with Crippen LogP contribution in [0.25, 0.3) is 0 Å². The van der Waals surface area contributed by atoms with Gasteiger partial charge in [0, 0.05) is 4.88 Å². The highest BCUT2D eigenvalue weighted by molar-refractivity contribution is 7.16. The van der Waals surface area contributed by atoms with E-state index in [4.69, 9.17) is 11.6 Å². The van der Waals surface area contributed by atoms with E-state index in [1.807, 2.05) is 12.1 Å². The molecule has 0 radical (unpaired) electrons. The first-order valence-electron chi connectivity index (χ1n) is 7.53. The van der Waals surface area contributed by atoms with Gasteiger partial charge < -0.3 is 5.11 Å². The molecule has 0 spiro atoms. The number of hydrogen-bond acceptors (Lipinski definition) is 2. The summed E-state index contributed by atoms with van der Waals surface area (Å²) in [6.45, 7) is 2.21. The van der Waals surface area contributed by atoms with Gasteiger partial charge in [-0.25, -0.2) is 0 Å². The van der Waals surface area contributed by atoms with Crippen molar-refractivity contribution in [2.45, 2.75) is 58.3 Å². The van der Waals surface area contributed by atoms with Gasteiger partial charge in [0.25, 0.3) is 0 Å². The first-order chi connectivity index (χ1) is 9.55. The summed E-state index contributed by atoms with van der Waals surface area (Å²) >= 11 is 7.47. The lowest BCUT2D eigenvalue weighted by Gasteiger charge is -2.36. The van der Waals surface area contributed by atoms with Gasteiger partial charge in [-0.1, -0.05) is 37.8 Å². The Morgan fingerprint density at radius 1 is 1.45 bits per heavy atom. The van der Waals surface area contributed by atoms with Gasteiger partial charge in [-0.15, -0.1) is 11.3 Å². The average Bonchev–Trinajstić information content (AvgIpc) is 2.83. The number of carbonyl (C=O) groups is 1. The van der Waals surface area contributed by atoms with E-state index >= 15 is 0 Å². The highest BCUT2D eigenvalue weighted by atomic mass is 35.5. The molecule has 1 aromatic rings. The van der Waals surface area contributed by atoms with E-state index in [-0.39, 0.29) is 0 Å². The number of carboxylic acids is 1. The minimum atomic E-state index is -0.629. The van der Waals surface area contributed by atoms with Crippen molar-refractivity contribution in [3.63, 3.8) is 0 Å². The molecule has 2 rings (SSSR count). The third kappa shape index (κ3) is 3.76. The van der Waals surface area contributed by atoms with Crippen molar-refractivity contribution in [2.75, 3.05) is 0 Å². The largest absolute Gasteiger partial charge is 0.481 e. The lowest BCUT2D eigenvalue weighted by Crippen LogP contribution is -2.37. The smallest absolute Gasteiger partial charge is 0.309 e. The van der Waals surface area contributed by atoms with Crippen molar-refractivity contribution in [1.82, 2.24) is 0 Å². The maximum Gasteiger partial charge on any atom is 0.309 e. The molecule has 0 amide bonds. The van der Waals surface area contributed by atoms with Gasteiger partial charge in [0.05, 0.1) is 9.75 Å². The number of unbranched alkanes of at least 4 members (excludes halogenated alkanes) is 1. The Bertz CT molecular complexity index is 447. The zero-order valence-corrected chi connectivity index (χ0v) is 13.6. The summed E-state index contributed by atoms with van der Waals surface area (Å²) in [6, 6.07) is 3.84. The molecule has 1 aliphatic rings. The molecule has 112 valence electrons. The molecule has 0 atom stereocenters. The second-order valence-corrected chi connectivity index (χ2v) is 7.85. The highest BCUT2D eigenvalue weighted by Crippen LogP contribution is 2.44. The van der Waals surface area contributed by atoms with E-state index in [2.05, 4.69) is 6.92 Å². The van der Waals surface area contributed by atoms with Crippen LogP contribution in [0.4, 0.5) is 0 Å². The average molecular weight is 315 g/mol. The number of aliphatic carboxylic acids is 1. The maximum atomic E-state index is 11.8. The molecule has 0 aliphatic heterocycles. The number of halogens is 1. The lowest BCUT2D eigenvalue weighted by molar-refractivity contribution is -0.151. The second kappa shape index (κ2) is 6.95. The number of thiophene rings is 1. The summed E-state index contributed by atoms with van der Waals surface area (Å²) in [4.78, 5) is 12.9. The van der Waals surface area contributed by atoms with E-state index < -0.39 is 11.4 Å².